The minimum atomic E-state index is -4.72. The van der Waals surface area contributed by atoms with Crippen LogP contribution in [0, 0.1) is 6.92 Å². The minimum Gasteiger partial charge on any atom is -0.365 e. The van der Waals surface area contributed by atoms with Crippen molar-refractivity contribution in [2.45, 2.75) is 26.6 Å². The SMILES string of the molecule is CCS(=O)(=O)Nc1ncccc1CNc1nc(Nc2cc(C)no2)ncc1C(F)(F)F. The second-order valence-corrected chi connectivity index (χ2v) is 8.29. The summed E-state index contributed by atoms with van der Waals surface area (Å²) in [6, 6.07) is 4.58. The molecule has 3 heterocycles. The molecule has 0 aromatic carbocycles. The summed E-state index contributed by atoms with van der Waals surface area (Å²) in [6.45, 7) is 2.94. The van der Waals surface area contributed by atoms with Crippen LogP contribution in [0.2, 0.25) is 0 Å². The van der Waals surface area contributed by atoms with Crippen molar-refractivity contribution >= 4 is 33.5 Å². The predicted molar refractivity (Wildman–Crippen MR) is 106 cm³/mol. The molecular formula is C17H18F3N7O3S. The van der Waals surface area contributed by atoms with E-state index in [1.807, 2.05) is 0 Å². The first-order valence-electron chi connectivity index (χ1n) is 8.90. The van der Waals surface area contributed by atoms with Gasteiger partial charge in [0.15, 0.2) is 0 Å². The van der Waals surface area contributed by atoms with E-state index >= 15 is 0 Å². The smallest absolute Gasteiger partial charge is 0.365 e. The van der Waals surface area contributed by atoms with Gasteiger partial charge in [-0.3, -0.25) is 10.0 Å². The third kappa shape index (κ3) is 5.81. The van der Waals surface area contributed by atoms with Crippen LogP contribution >= 0.6 is 0 Å². The van der Waals surface area contributed by atoms with Crippen LogP contribution in [0.1, 0.15) is 23.7 Å². The highest BCUT2D eigenvalue weighted by Crippen LogP contribution is 2.34. The number of aromatic nitrogens is 4. The molecule has 0 saturated heterocycles. The summed E-state index contributed by atoms with van der Waals surface area (Å²) >= 11 is 0. The molecule has 31 heavy (non-hydrogen) atoms. The van der Waals surface area contributed by atoms with Gasteiger partial charge in [0.05, 0.1) is 11.4 Å². The zero-order valence-electron chi connectivity index (χ0n) is 16.4. The summed E-state index contributed by atoms with van der Waals surface area (Å²) in [6.07, 6.45) is -2.72. The number of nitrogens with one attached hydrogen (secondary N) is 3. The zero-order valence-corrected chi connectivity index (χ0v) is 17.2. The average Bonchev–Trinajstić information content (AvgIpc) is 3.11. The molecule has 3 aromatic rings. The number of aryl methyl sites for hydroxylation is 1. The fraction of sp³-hybridized carbons (Fsp3) is 0.294. The van der Waals surface area contributed by atoms with E-state index in [9.17, 15) is 21.6 Å². The second kappa shape index (κ2) is 8.75. The van der Waals surface area contributed by atoms with Gasteiger partial charge < -0.3 is 9.84 Å². The van der Waals surface area contributed by atoms with Gasteiger partial charge in [0.25, 0.3) is 0 Å². The van der Waals surface area contributed by atoms with E-state index in [1.54, 1.807) is 6.92 Å². The summed E-state index contributed by atoms with van der Waals surface area (Å²) in [4.78, 5) is 11.5. The van der Waals surface area contributed by atoms with Crippen molar-refractivity contribution < 1.29 is 26.1 Å². The number of anilines is 4. The van der Waals surface area contributed by atoms with E-state index in [0.29, 0.717) is 17.5 Å². The van der Waals surface area contributed by atoms with Gasteiger partial charge in [0.2, 0.25) is 21.9 Å². The fourth-order valence-corrected chi connectivity index (χ4v) is 3.01. The van der Waals surface area contributed by atoms with Crippen LogP contribution < -0.4 is 15.4 Å². The lowest BCUT2D eigenvalue weighted by atomic mass is 10.2. The van der Waals surface area contributed by atoms with Gasteiger partial charge >= 0.3 is 6.18 Å². The maximum absolute atomic E-state index is 13.4. The highest BCUT2D eigenvalue weighted by Gasteiger charge is 2.35. The Morgan fingerprint density at radius 2 is 1.97 bits per heavy atom. The number of hydrogen-bond donors (Lipinski definition) is 3. The number of pyridine rings is 1. The van der Waals surface area contributed by atoms with Gasteiger partial charge in [-0.2, -0.15) is 18.2 Å². The number of halogens is 3. The summed E-state index contributed by atoms with van der Waals surface area (Å²) in [5.41, 5.74) is -0.204. The largest absolute Gasteiger partial charge is 0.421 e. The van der Waals surface area contributed by atoms with E-state index in [2.05, 4.69) is 35.5 Å². The third-order valence-electron chi connectivity index (χ3n) is 3.93. The monoisotopic (exact) mass is 457 g/mol. The number of nitrogens with zero attached hydrogens (tertiary/aromatic N) is 4. The summed E-state index contributed by atoms with van der Waals surface area (Å²) in [5.74, 6) is -0.669. The molecule has 0 aliphatic heterocycles. The Kier molecular flexibility index (Phi) is 6.29. The van der Waals surface area contributed by atoms with Crippen molar-refractivity contribution in [1.82, 2.24) is 20.1 Å². The molecule has 0 unspecified atom stereocenters. The van der Waals surface area contributed by atoms with Gasteiger partial charge in [0, 0.05) is 30.6 Å². The maximum atomic E-state index is 13.4. The highest BCUT2D eigenvalue weighted by molar-refractivity contribution is 7.92. The Balaban J connectivity index is 1.87. The standard InChI is InChI=1S/C17H18F3N7O3S/c1-3-31(28,29)27-14-11(5-4-6-21-14)8-22-15-12(17(18,19)20)9-23-16(25-15)24-13-7-10(2)26-30-13/h4-7,9H,3,8H2,1-2H3,(H,21,27)(H2,22,23,24,25). The molecule has 0 amide bonds. The van der Waals surface area contributed by atoms with Crippen LogP contribution in [0.4, 0.5) is 36.6 Å². The predicted octanol–water partition coefficient (Wildman–Crippen LogP) is 3.30. The highest BCUT2D eigenvalue weighted by atomic mass is 32.2. The molecule has 3 N–H and O–H groups in total. The number of hydrogen-bond acceptors (Lipinski definition) is 9. The molecule has 0 fully saturated rings. The first kappa shape index (κ1) is 22.3. The van der Waals surface area contributed by atoms with Crippen molar-refractivity contribution in [1.29, 1.82) is 0 Å². The zero-order chi connectivity index (χ0) is 22.6. The quantitative estimate of drug-likeness (QED) is 0.465. The lowest BCUT2D eigenvalue weighted by Crippen LogP contribution is -2.18. The van der Waals surface area contributed by atoms with Crippen LogP contribution in [-0.2, 0) is 22.7 Å². The van der Waals surface area contributed by atoms with Crippen LogP contribution in [0.3, 0.4) is 0 Å². The molecule has 0 atom stereocenters. The molecule has 0 aliphatic rings. The van der Waals surface area contributed by atoms with E-state index in [-0.39, 0.29) is 29.9 Å². The topological polar surface area (TPSA) is 135 Å². The minimum absolute atomic E-state index is 0.00921. The molecule has 10 nitrogen and oxygen atoms in total. The molecule has 3 rings (SSSR count). The van der Waals surface area contributed by atoms with E-state index in [4.69, 9.17) is 4.52 Å². The summed E-state index contributed by atoms with van der Waals surface area (Å²) in [5, 5.41) is 8.87. The van der Waals surface area contributed by atoms with Crippen LogP contribution in [0.25, 0.3) is 0 Å². The van der Waals surface area contributed by atoms with Gasteiger partial charge in [-0.15, -0.1) is 0 Å². The Hall–Kier alpha value is -3.42. The molecule has 0 spiro atoms. The van der Waals surface area contributed by atoms with Crippen molar-refractivity contribution in [3.05, 3.63) is 47.4 Å². The van der Waals surface area contributed by atoms with Gasteiger partial charge in [-0.25, -0.2) is 18.4 Å². The molecule has 0 radical (unpaired) electrons. The number of sulfonamides is 1. The number of rotatable bonds is 8. The average molecular weight is 457 g/mol. The van der Waals surface area contributed by atoms with Crippen LogP contribution in [0.15, 0.2) is 35.1 Å². The van der Waals surface area contributed by atoms with Crippen LogP contribution in [0.5, 0.6) is 0 Å². The Morgan fingerprint density at radius 1 is 1.19 bits per heavy atom. The summed E-state index contributed by atoms with van der Waals surface area (Å²) < 4.78 is 71.2. The Morgan fingerprint density at radius 3 is 2.61 bits per heavy atom. The van der Waals surface area contributed by atoms with E-state index in [0.717, 1.165) is 0 Å². The summed E-state index contributed by atoms with van der Waals surface area (Å²) in [7, 11) is -3.62. The van der Waals surface area contributed by atoms with E-state index in [1.165, 1.54) is 31.3 Å². The normalized spacial score (nSPS) is 11.9. The van der Waals surface area contributed by atoms with E-state index < -0.39 is 27.6 Å². The lowest BCUT2D eigenvalue weighted by molar-refractivity contribution is -0.137. The van der Waals surface area contributed by atoms with Crippen molar-refractivity contribution in [2.24, 2.45) is 0 Å². The first-order chi connectivity index (χ1) is 14.6. The van der Waals surface area contributed by atoms with Crippen molar-refractivity contribution in [3.63, 3.8) is 0 Å². The Labute approximate surface area is 175 Å². The van der Waals surface area contributed by atoms with Gasteiger partial charge in [-0.05, 0) is 19.9 Å². The van der Waals surface area contributed by atoms with Crippen molar-refractivity contribution in [2.75, 3.05) is 21.1 Å². The van der Waals surface area contributed by atoms with Crippen LogP contribution in [-0.4, -0.2) is 34.3 Å². The molecule has 166 valence electrons. The third-order valence-corrected chi connectivity index (χ3v) is 5.19. The lowest BCUT2D eigenvalue weighted by Gasteiger charge is -2.15. The first-order valence-corrected chi connectivity index (χ1v) is 10.6. The molecule has 3 aromatic heterocycles. The molecule has 0 bridgehead atoms. The second-order valence-electron chi connectivity index (χ2n) is 6.28. The fourth-order valence-electron chi connectivity index (χ4n) is 2.39. The molecular weight excluding hydrogens is 439 g/mol. The van der Waals surface area contributed by atoms with Gasteiger partial charge in [-0.1, -0.05) is 11.2 Å². The number of alkyl halides is 3. The molecule has 0 saturated carbocycles. The maximum Gasteiger partial charge on any atom is 0.421 e. The van der Waals surface area contributed by atoms with Crippen molar-refractivity contribution in [3.8, 4) is 0 Å². The van der Waals surface area contributed by atoms with Gasteiger partial charge in [0.1, 0.15) is 17.2 Å². The molecule has 0 aliphatic carbocycles. The molecule has 14 heteroatoms. The Bertz CT molecular complexity index is 1170.